The molecule has 0 atom stereocenters. The minimum atomic E-state index is -0.354. The molecule has 2 aliphatic carbocycles. The maximum atomic E-state index is 13.8. The largest absolute Gasteiger partial charge is 0.369 e. The summed E-state index contributed by atoms with van der Waals surface area (Å²) < 4.78 is 0. The number of rotatable bonds is 10. The van der Waals surface area contributed by atoms with Gasteiger partial charge in [-0.1, -0.05) is 50.6 Å². The molecule has 1 saturated heterocycles. The average Bonchev–Trinajstić information content (AvgIpc) is 3.01. The Labute approximate surface area is 204 Å². The molecule has 1 aromatic carbocycles. The molecule has 3 amide bonds. The quantitative estimate of drug-likeness (QED) is 0.491. The molecule has 0 unspecified atom stereocenters. The van der Waals surface area contributed by atoms with Gasteiger partial charge < -0.3 is 26.2 Å². The number of hydrogen-bond donors (Lipinski definition) is 3. The second-order valence-corrected chi connectivity index (χ2v) is 11.7. The summed E-state index contributed by atoms with van der Waals surface area (Å²) in [4.78, 5) is 29.2. The number of primary amides is 1. The van der Waals surface area contributed by atoms with Crippen LogP contribution in [0.2, 0.25) is 0 Å². The zero-order chi connectivity index (χ0) is 24.4. The Balaban J connectivity index is 1.50. The molecule has 188 valence electrons. The van der Waals surface area contributed by atoms with Gasteiger partial charge in [0.1, 0.15) is 0 Å². The van der Waals surface area contributed by atoms with Crippen molar-refractivity contribution < 1.29 is 9.59 Å². The van der Waals surface area contributed by atoms with Crippen LogP contribution in [-0.2, 0) is 10.3 Å². The molecular formula is C27H43N5O2. The van der Waals surface area contributed by atoms with Crippen LogP contribution in [0.3, 0.4) is 0 Å². The van der Waals surface area contributed by atoms with Crippen molar-refractivity contribution in [2.45, 2.75) is 69.9 Å². The normalized spacial score (nSPS) is 27.9. The van der Waals surface area contributed by atoms with Crippen LogP contribution in [0.4, 0.5) is 4.79 Å². The third-order valence-electron chi connectivity index (χ3n) is 8.59. The molecule has 3 fully saturated rings. The van der Waals surface area contributed by atoms with E-state index in [9.17, 15) is 9.59 Å². The van der Waals surface area contributed by atoms with Crippen LogP contribution < -0.4 is 16.4 Å². The van der Waals surface area contributed by atoms with Crippen LogP contribution >= 0.6 is 0 Å². The first-order valence-electron chi connectivity index (χ1n) is 13.0. The molecule has 4 rings (SSSR count). The predicted octanol–water partition coefficient (Wildman–Crippen LogP) is 3.05. The van der Waals surface area contributed by atoms with E-state index in [0.717, 1.165) is 38.8 Å². The monoisotopic (exact) mass is 469 g/mol. The van der Waals surface area contributed by atoms with Gasteiger partial charge in [-0.15, -0.1) is 0 Å². The van der Waals surface area contributed by atoms with E-state index >= 15 is 0 Å². The Kier molecular flexibility index (Phi) is 7.25. The van der Waals surface area contributed by atoms with Gasteiger partial charge in [0.15, 0.2) is 0 Å². The van der Waals surface area contributed by atoms with Crippen molar-refractivity contribution in [1.29, 1.82) is 0 Å². The molecule has 1 aliphatic heterocycles. The van der Waals surface area contributed by atoms with E-state index in [-0.39, 0.29) is 35.0 Å². The van der Waals surface area contributed by atoms with Gasteiger partial charge >= 0.3 is 6.03 Å². The van der Waals surface area contributed by atoms with Crippen molar-refractivity contribution in [1.82, 2.24) is 20.4 Å². The molecule has 0 aromatic heterocycles. The van der Waals surface area contributed by atoms with E-state index in [0.29, 0.717) is 19.0 Å². The van der Waals surface area contributed by atoms with Crippen LogP contribution in [-0.4, -0.2) is 67.0 Å². The molecule has 1 heterocycles. The fourth-order valence-corrected chi connectivity index (χ4v) is 6.32. The third kappa shape index (κ3) is 5.10. The Bertz CT molecular complexity index is 859. The lowest BCUT2D eigenvalue weighted by Crippen LogP contribution is -2.56. The van der Waals surface area contributed by atoms with E-state index in [1.165, 1.54) is 24.8 Å². The highest BCUT2D eigenvalue weighted by atomic mass is 16.2. The molecule has 7 nitrogen and oxygen atoms in total. The zero-order valence-corrected chi connectivity index (χ0v) is 21.2. The highest BCUT2D eigenvalue weighted by molar-refractivity contribution is 5.78. The summed E-state index contributed by atoms with van der Waals surface area (Å²) in [5, 5.41) is 6.80. The van der Waals surface area contributed by atoms with Crippen molar-refractivity contribution in [2.24, 2.45) is 17.1 Å². The highest BCUT2D eigenvalue weighted by Gasteiger charge is 2.54. The highest BCUT2D eigenvalue weighted by Crippen LogP contribution is 2.48. The standard InChI is InChI=1S/C27H43N5O2/c1-25(2,18-30-16-23(28)33)19-31-20-26(32(24(31)34)17-21-8-7-9-21)12-14-27(29-3,15-13-26)22-10-5-4-6-11-22/h4-6,10-11,21,29-30H,7-9,12-20H2,1-3H3,(H2,28,33)/t26-,27+. The molecule has 1 spiro atoms. The predicted molar refractivity (Wildman–Crippen MR) is 135 cm³/mol. The number of benzene rings is 1. The van der Waals surface area contributed by atoms with Crippen molar-refractivity contribution in [3.05, 3.63) is 35.9 Å². The Morgan fingerprint density at radius 2 is 1.82 bits per heavy atom. The fraction of sp³-hybridized carbons (Fsp3) is 0.704. The maximum Gasteiger partial charge on any atom is 0.320 e. The lowest BCUT2D eigenvalue weighted by molar-refractivity contribution is -0.117. The first kappa shape index (κ1) is 25.0. The molecule has 3 aliphatic rings. The van der Waals surface area contributed by atoms with Gasteiger partial charge in [0.05, 0.1) is 12.1 Å². The lowest BCUT2D eigenvalue weighted by Gasteiger charge is -2.49. The summed E-state index contributed by atoms with van der Waals surface area (Å²) in [6.45, 7) is 7.49. The average molecular weight is 470 g/mol. The molecule has 7 heteroatoms. The summed E-state index contributed by atoms with van der Waals surface area (Å²) in [5.74, 6) is 0.295. The van der Waals surface area contributed by atoms with Crippen LogP contribution in [0.1, 0.15) is 64.4 Å². The summed E-state index contributed by atoms with van der Waals surface area (Å²) in [5.41, 5.74) is 6.37. The summed E-state index contributed by atoms with van der Waals surface area (Å²) in [6.07, 6.45) is 7.85. The minimum absolute atomic E-state index is 0.0247. The number of urea groups is 1. The Morgan fingerprint density at radius 1 is 1.15 bits per heavy atom. The van der Waals surface area contributed by atoms with Gasteiger partial charge in [-0.3, -0.25) is 4.79 Å². The summed E-state index contributed by atoms with van der Waals surface area (Å²) in [7, 11) is 2.07. The second kappa shape index (κ2) is 9.86. The van der Waals surface area contributed by atoms with Crippen molar-refractivity contribution >= 4 is 11.9 Å². The lowest BCUT2D eigenvalue weighted by atomic mass is 9.68. The van der Waals surface area contributed by atoms with E-state index < -0.39 is 0 Å². The van der Waals surface area contributed by atoms with Crippen molar-refractivity contribution in [3.8, 4) is 0 Å². The number of carbonyl (C=O) groups excluding carboxylic acids is 2. The maximum absolute atomic E-state index is 13.8. The number of nitrogens with one attached hydrogen (secondary N) is 2. The van der Waals surface area contributed by atoms with E-state index in [2.05, 4.69) is 71.7 Å². The SMILES string of the molecule is CN[C@]1(c2ccccc2)CC[C@]2(CC1)CN(CC(C)(C)CNCC(N)=O)C(=O)N2CC1CCC1. The molecule has 34 heavy (non-hydrogen) atoms. The number of carbonyl (C=O) groups is 2. The smallest absolute Gasteiger partial charge is 0.320 e. The van der Waals surface area contributed by atoms with Crippen molar-refractivity contribution in [2.75, 3.05) is 39.8 Å². The van der Waals surface area contributed by atoms with E-state index in [1.807, 2.05) is 0 Å². The number of amides is 3. The summed E-state index contributed by atoms with van der Waals surface area (Å²) in [6, 6.07) is 11.0. The second-order valence-electron chi connectivity index (χ2n) is 11.7. The van der Waals surface area contributed by atoms with Crippen LogP contribution in [0, 0.1) is 11.3 Å². The van der Waals surface area contributed by atoms with E-state index in [1.54, 1.807) is 0 Å². The van der Waals surface area contributed by atoms with E-state index in [4.69, 9.17) is 5.73 Å². The molecular weight excluding hydrogens is 426 g/mol. The minimum Gasteiger partial charge on any atom is -0.369 e. The molecule has 0 bridgehead atoms. The fourth-order valence-electron chi connectivity index (χ4n) is 6.32. The van der Waals surface area contributed by atoms with Gasteiger partial charge in [0.25, 0.3) is 0 Å². The Morgan fingerprint density at radius 3 is 2.38 bits per heavy atom. The van der Waals surface area contributed by atoms with Gasteiger partial charge in [-0.05, 0) is 62.5 Å². The van der Waals surface area contributed by atoms with Crippen molar-refractivity contribution in [3.63, 3.8) is 0 Å². The molecule has 1 aromatic rings. The first-order valence-corrected chi connectivity index (χ1v) is 13.0. The molecule has 0 radical (unpaired) electrons. The van der Waals surface area contributed by atoms with Gasteiger partial charge in [0, 0.05) is 31.7 Å². The van der Waals surface area contributed by atoms with Crippen LogP contribution in [0.15, 0.2) is 30.3 Å². The van der Waals surface area contributed by atoms with Gasteiger partial charge in [-0.2, -0.15) is 0 Å². The topological polar surface area (TPSA) is 90.7 Å². The molecule has 2 saturated carbocycles. The van der Waals surface area contributed by atoms with Crippen LogP contribution in [0.25, 0.3) is 0 Å². The number of hydrogen-bond acceptors (Lipinski definition) is 4. The zero-order valence-electron chi connectivity index (χ0n) is 21.2. The first-order chi connectivity index (χ1) is 16.2. The number of nitrogens with two attached hydrogens (primary N) is 1. The third-order valence-corrected chi connectivity index (χ3v) is 8.59. The number of nitrogens with zero attached hydrogens (tertiary/aromatic N) is 2. The van der Waals surface area contributed by atoms with Gasteiger partial charge in [0.2, 0.25) is 5.91 Å². The molecule has 4 N–H and O–H groups in total. The Hall–Kier alpha value is -2.12. The van der Waals surface area contributed by atoms with Gasteiger partial charge in [-0.25, -0.2) is 4.79 Å². The van der Waals surface area contributed by atoms with Crippen LogP contribution in [0.5, 0.6) is 0 Å². The summed E-state index contributed by atoms with van der Waals surface area (Å²) >= 11 is 0.